The quantitative estimate of drug-likeness (QED) is 0.877. The van der Waals surface area contributed by atoms with Gasteiger partial charge in [0.25, 0.3) is 0 Å². The van der Waals surface area contributed by atoms with E-state index in [-0.39, 0.29) is 0 Å². The van der Waals surface area contributed by atoms with Gasteiger partial charge < -0.3 is 9.88 Å². The molecule has 2 aromatic rings. The summed E-state index contributed by atoms with van der Waals surface area (Å²) in [6.45, 7) is 7.75. The molecule has 0 unspecified atom stereocenters. The van der Waals surface area contributed by atoms with Gasteiger partial charge in [-0.05, 0) is 32.4 Å². The van der Waals surface area contributed by atoms with E-state index in [0.717, 1.165) is 30.4 Å². The number of hydrogen-bond donors (Lipinski definition) is 1. The molecule has 0 aromatic carbocycles. The molecule has 2 rings (SSSR count). The molecule has 1 N–H and O–H groups in total. The first-order chi connectivity index (χ1) is 8.19. The summed E-state index contributed by atoms with van der Waals surface area (Å²) < 4.78 is 2.12. The summed E-state index contributed by atoms with van der Waals surface area (Å²) in [7, 11) is 0. The van der Waals surface area contributed by atoms with Gasteiger partial charge >= 0.3 is 0 Å². The Morgan fingerprint density at radius 2 is 2.06 bits per heavy atom. The van der Waals surface area contributed by atoms with Crippen molar-refractivity contribution in [2.75, 3.05) is 11.9 Å². The van der Waals surface area contributed by atoms with Crippen molar-refractivity contribution in [2.24, 2.45) is 0 Å². The van der Waals surface area contributed by atoms with Gasteiger partial charge in [-0.2, -0.15) is 0 Å². The third-order valence-electron chi connectivity index (χ3n) is 2.56. The van der Waals surface area contributed by atoms with Crippen LogP contribution >= 0.6 is 0 Å². The van der Waals surface area contributed by atoms with E-state index in [0.29, 0.717) is 0 Å². The van der Waals surface area contributed by atoms with Gasteiger partial charge in [-0.15, -0.1) is 0 Å². The van der Waals surface area contributed by atoms with E-state index in [1.54, 1.807) is 0 Å². The topological polar surface area (TPSA) is 42.7 Å². The van der Waals surface area contributed by atoms with Crippen LogP contribution in [0.1, 0.15) is 23.9 Å². The maximum atomic E-state index is 4.45. The number of nitrogens with one attached hydrogen (secondary N) is 1. The van der Waals surface area contributed by atoms with Crippen LogP contribution in [-0.2, 0) is 6.54 Å². The second-order valence-corrected chi connectivity index (χ2v) is 4.17. The number of pyridine rings is 1. The van der Waals surface area contributed by atoms with Gasteiger partial charge in [-0.25, -0.2) is 4.98 Å². The highest BCUT2D eigenvalue weighted by Crippen LogP contribution is 2.11. The Kier molecular flexibility index (Phi) is 3.42. The highest BCUT2D eigenvalue weighted by Gasteiger charge is 2.05. The van der Waals surface area contributed by atoms with Crippen LogP contribution in [0.4, 0.5) is 5.95 Å². The first-order valence-electron chi connectivity index (χ1n) is 5.88. The van der Waals surface area contributed by atoms with Gasteiger partial charge in [-0.3, -0.25) is 4.98 Å². The van der Waals surface area contributed by atoms with Crippen molar-refractivity contribution in [1.82, 2.24) is 14.5 Å². The predicted molar refractivity (Wildman–Crippen MR) is 69.2 cm³/mol. The molecular formula is C13H18N4. The summed E-state index contributed by atoms with van der Waals surface area (Å²) in [5.41, 5.74) is 3.26. The Morgan fingerprint density at radius 1 is 1.24 bits per heavy atom. The highest BCUT2D eigenvalue weighted by atomic mass is 15.2. The van der Waals surface area contributed by atoms with E-state index >= 15 is 0 Å². The number of nitrogens with zero attached hydrogens (tertiary/aromatic N) is 3. The molecule has 2 aromatic heterocycles. The third-order valence-corrected chi connectivity index (χ3v) is 2.56. The summed E-state index contributed by atoms with van der Waals surface area (Å²) in [6, 6.07) is 4.14. The number of hydrogen-bond acceptors (Lipinski definition) is 3. The zero-order chi connectivity index (χ0) is 12.3. The fourth-order valence-corrected chi connectivity index (χ4v) is 1.76. The number of imidazole rings is 1. The normalized spacial score (nSPS) is 10.5. The molecule has 2 heterocycles. The van der Waals surface area contributed by atoms with E-state index in [1.165, 1.54) is 5.56 Å². The molecule has 0 radical (unpaired) electrons. The molecule has 0 bridgehead atoms. The number of anilines is 1. The molecule has 0 fully saturated rings. The SMILES string of the molecule is CCNc1nc(C)cn1Cc1ccc(C)nc1. The molecule has 4 nitrogen and oxygen atoms in total. The maximum absolute atomic E-state index is 4.45. The summed E-state index contributed by atoms with van der Waals surface area (Å²) in [4.78, 5) is 8.75. The van der Waals surface area contributed by atoms with Crippen molar-refractivity contribution in [3.63, 3.8) is 0 Å². The lowest BCUT2D eigenvalue weighted by molar-refractivity contribution is 0.794. The van der Waals surface area contributed by atoms with Crippen molar-refractivity contribution in [2.45, 2.75) is 27.3 Å². The summed E-state index contributed by atoms with van der Waals surface area (Å²) in [5, 5.41) is 3.26. The molecule has 0 aliphatic carbocycles. The monoisotopic (exact) mass is 230 g/mol. The summed E-state index contributed by atoms with van der Waals surface area (Å²) in [6.07, 6.45) is 3.97. The Balaban J connectivity index is 2.20. The maximum Gasteiger partial charge on any atom is 0.203 e. The highest BCUT2D eigenvalue weighted by molar-refractivity contribution is 5.30. The molecule has 4 heteroatoms. The molecule has 17 heavy (non-hydrogen) atoms. The molecule has 0 spiro atoms. The first-order valence-corrected chi connectivity index (χ1v) is 5.88. The standard InChI is InChI=1S/C13H18N4/c1-4-14-13-16-11(3)8-17(13)9-12-6-5-10(2)15-7-12/h5-8H,4,9H2,1-3H3,(H,14,16). The Bertz CT molecular complexity index is 485. The molecule has 0 aliphatic rings. The minimum Gasteiger partial charge on any atom is -0.356 e. The average molecular weight is 230 g/mol. The van der Waals surface area contributed by atoms with Gasteiger partial charge in [0, 0.05) is 24.6 Å². The lowest BCUT2D eigenvalue weighted by Crippen LogP contribution is -2.07. The number of rotatable bonds is 4. The lowest BCUT2D eigenvalue weighted by atomic mass is 10.2. The van der Waals surface area contributed by atoms with Crippen LogP contribution in [-0.4, -0.2) is 21.1 Å². The van der Waals surface area contributed by atoms with Gasteiger partial charge in [0.1, 0.15) is 0 Å². The zero-order valence-electron chi connectivity index (χ0n) is 10.6. The smallest absolute Gasteiger partial charge is 0.203 e. The van der Waals surface area contributed by atoms with Crippen molar-refractivity contribution in [3.05, 3.63) is 41.5 Å². The third kappa shape index (κ3) is 2.84. The number of aromatic nitrogens is 3. The predicted octanol–water partition coefficient (Wildman–Crippen LogP) is 2.38. The van der Waals surface area contributed by atoms with Crippen LogP contribution in [0.25, 0.3) is 0 Å². The molecule has 0 saturated carbocycles. The van der Waals surface area contributed by atoms with E-state index in [4.69, 9.17) is 0 Å². The second kappa shape index (κ2) is 4.99. The first kappa shape index (κ1) is 11.6. The van der Waals surface area contributed by atoms with Gasteiger partial charge in [0.05, 0.1) is 12.2 Å². The molecule has 0 atom stereocenters. The summed E-state index contributed by atoms with van der Waals surface area (Å²) in [5.74, 6) is 0.922. The van der Waals surface area contributed by atoms with E-state index in [2.05, 4.69) is 39.0 Å². The zero-order valence-corrected chi connectivity index (χ0v) is 10.6. The van der Waals surface area contributed by atoms with Crippen LogP contribution in [0, 0.1) is 13.8 Å². The molecule has 90 valence electrons. The minimum atomic E-state index is 0.802. The lowest BCUT2D eigenvalue weighted by Gasteiger charge is -2.08. The molecule has 0 amide bonds. The van der Waals surface area contributed by atoms with E-state index < -0.39 is 0 Å². The van der Waals surface area contributed by atoms with Gasteiger partial charge in [0.2, 0.25) is 5.95 Å². The Labute approximate surface area is 102 Å². The van der Waals surface area contributed by atoms with Crippen molar-refractivity contribution < 1.29 is 0 Å². The Hall–Kier alpha value is -1.84. The van der Waals surface area contributed by atoms with E-state index in [1.807, 2.05) is 26.1 Å². The van der Waals surface area contributed by atoms with Crippen LogP contribution in [0.3, 0.4) is 0 Å². The van der Waals surface area contributed by atoms with Gasteiger partial charge in [0.15, 0.2) is 0 Å². The summed E-state index contributed by atoms with van der Waals surface area (Å²) >= 11 is 0. The minimum absolute atomic E-state index is 0.802. The van der Waals surface area contributed by atoms with E-state index in [9.17, 15) is 0 Å². The fraction of sp³-hybridized carbons (Fsp3) is 0.385. The average Bonchev–Trinajstić information content (AvgIpc) is 2.63. The largest absolute Gasteiger partial charge is 0.356 e. The molecular weight excluding hydrogens is 212 g/mol. The molecule has 0 saturated heterocycles. The van der Waals surface area contributed by atoms with Gasteiger partial charge in [-0.1, -0.05) is 6.07 Å². The van der Waals surface area contributed by atoms with Crippen LogP contribution < -0.4 is 5.32 Å². The van der Waals surface area contributed by atoms with Crippen LogP contribution in [0.2, 0.25) is 0 Å². The second-order valence-electron chi connectivity index (χ2n) is 4.17. The number of aryl methyl sites for hydroxylation is 2. The van der Waals surface area contributed by atoms with Crippen molar-refractivity contribution >= 4 is 5.95 Å². The van der Waals surface area contributed by atoms with Crippen LogP contribution in [0.5, 0.6) is 0 Å². The van der Waals surface area contributed by atoms with Crippen LogP contribution in [0.15, 0.2) is 24.5 Å². The fourth-order valence-electron chi connectivity index (χ4n) is 1.76. The molecule has 0 aliphatic heterocycles. The van der Waals surface area contributed by atoms with Crippen molar-refractivity contribution in [1.29, 1.82) is 0 Å². The Morgan fingerprint density at radius 3 is 2.71 bits per heavy atom. The van der Waals surface area contributed by atoms with Crippen molar-refractivity contribution in [3.8, 4) is 0 Å².